The van der Waals surface area contributed by atoms with E-state index in [0.717, 1.165) is 10.0 Å². The first kappa shape index (κ1) is 26.1. The van der Waals surface area contributed by atoms with Crippen LogP contribution in [0.15, 0.2) is 76.1 Å². The van der Waals surface area contributed by atoms with Crippen molar-refractivity contribution in [1.29, 1.82) is 0 Å². The number of nitrogens with zero attached hydrogens (tertiary/aromatic N) is 1. The molecule has 1 aliphatic rings. The zero-order valence-corrected chi connectivity index (χ0v) is 22.8. The molecule has 1 saturated heterocycles. The van der Waals surface area contributed by atoms with Crippen LogP contribution in [-0.4, -0.2) is 28.7 Å². The zero-order chi connectivity index (χ0) is 25.8. The van der Waals surface area contributed by atoms with Gasteiger partial charge < -0.3 is 10.1 Å². The maximum absolute atomic E-state index is 13.0. The number of hydrogen-bond acceptors (Lipinski definition) is 6. The fraction of sp³-hybridized carbons (Fsp3) is 0.0769. The van der Waals surface area contributed by atoms with Gasteiger partial charge in [-0.15, -0.1) is 0 Å². The lowest BCUT2D eigenvalue weighted by atomic mass is 10.1. The molecular weight excluding hydrogens is 584 g/mol. The Morgan fingerprint density at radius 3 is 2.47 bits per heavy atom. The van der Waals surface area contributed by atoms with E-state index in [1.165, 1.54) is 16.7 Å². The van der Waals surface area contributed by atoms with Gasteiger partial charge in [0.1, 0.15) is 0 Å². The van der Waals surface area contributed by atoms with Gasteiger partial charge in [0.15, 0.2) is 10.9 Å². The number of thiocarbonyl (C=S) groups is 1. The highest BCUT2D eigenvalue weighted by Gasteiger charge is 2.33. The van der Waals surface area contributed by atoms with Gasteiger partial charge in [-0.05, 0) is 77.0 Å². The summed E-state index contributed by atoms with van der Waals surface area (Å²) in [6.07, 6.45) is 1.70. The van der Waals surface area contributed by atoms with E-state index in [2.05, 4.69) is 21.2 Å². The minimum atomic E-state index is -0.626. The Balaban J connectivity index is 1.37. The first-order valence-corrected chi connectivity index (χ1v) is 13.0. The van der Waals surface area contributed by atoms with Crippen molar-refractivity contribution in [2.24, 2.45) is 0 Å². The molecule has 0 unspecified atom stereocenters. The Kier molecular flexibility index (Phi) is 8.25. The molecule has 4 rings (SSSR count). The van der Waals surface area contributed by atoms with Crippen molar-refractivity contribution in [2.75, 3.05) is 16.8 Å². The summed E-state index contributed by atoms with van der Waals surface area (Å²) in [4.78, 5) is 39.2. The van der Waals surface area contributed by atoms with Crippen LogP contribution in [-0.2, 0) is 14.3 Å². The van der Waals surface area contributed by atoms with Gasteiger partial charge in [0.05, 0.1) is 21.2 Å². The van der Waals surface area contributed by atoms with Crippen molar-refractivity contribution in [3.8, 4) is 0 Å². The summed E-state index contributed by atoms with van der Waals surface area (Å²) < 4.78 is 6.23. The Morgan fingerprint density at radius 1 is 1.11 bits per heavy atom. The lowest BCUT2D eigenvalue weighted by Crippen LogP contribution is -2.27. The van der Waals surface area contributed by atoms with Crippen LogP contribution in [0.25, 0.3) is 6.08 Å². The van der Waals surface area contributed by atoms with Crippen LogP contribution in [0.3, 0.4) is 0 Å². The minimum Gasteiger partial charge on any atom is -0.452 e. The van der Waals surface area contributed by atoms with Crippen molar-refractivity contribution < 1.29 is 19.1 Å². The summed E-state index contributed by atoms with van der Waals surface area (Å²) in [6.45, 7) is 1.54. The number of esters is 1. The Hall–Kier alpha value is -2.98. The molecule has 3 aromatic rings. The third-order valence-electron chi connectivity index (χ3n) is 5.07. The predicted molar refractivity (Wildman–Crippen MR) is 151 cm³/mol. The smallest absolute Gasteiger partial charge is 0.338 e. The van der Waals surface area contributed by atoms with Crippen LogP contribution < -0.4 is 10.2 Å². The second kappa shape index (κ2) is 11.4. The third-order valence-corrected chi connectivity index (χ3v) is 7.60. The Labute approximate surface area is 230 Å². The van der Waals surface area contributed by atoms with Gasteiger partial charge in [0, 0.05) is 10.2 Å². The number of carbonyl (C=O) groups is 3. The standard InChI is InChI=1S/C26H18BrClN2O4S2/c1-15-2-8-18(9-3-15)29-23(31)14-34-25(33)17-6-4-16(5-7-17)12-22-24(32)30(26(35)36-22)19-10-11-20(27)21(28)13-19/h2-13H,14H2,1H3,(H,29,31)/b22-12-. The van der Waals surface area contributed by atoms with Gasteiger partial charge in [-0.25, -0.2) is 4.79 Å². The van der Waals surface area contributed by atoms with E-state index in [0.29, 0.717) is 31.2 Å². The number of rotatable bonds is 6. The quantitative estimate of drug-likeness (QED) is 0.195. The lowest BCUT2D eigenvalue weighted by Gasteiger charge is -2.15. The molecule has 0 aliphatic carbocycles. The van der Waals surface area contributed by atoms with Crippen molar-refractivity contribution in [2.45, 2.75) is 6.92 Å². The summed E-state index contributed by atoms with van der Waals surface area (Å²) in [5.74, 6) is -1.32. The fourth-order valence-corrected chi connectivity index (χ4v) is 4.95. The van der Waals surface area contributed by atoms with Crippen molar-refractivity contribution >= 4 is 91.1 Å². The summed E-state index contributed by atoms with van der Waals surface area (Å²) in [7, 11) is 0. The molecule has 0 bridgehead atoms. The number of halogens is 2. The first-order valence-electron chi connectivity index (χ1n) is 10.6. The van der Waals surface area contributed by atoms with Crippen LogP contribution in [0.4, 0.5) is 11.4 Å². The predicted octanol–water partition coefficient (Wildman–Crippen LogP) is 6.61. The van der Waals surface area contributed by atoms with E-state index >= 15 is 0 Å². The highest BCUT2D eigenvalue weighted by molar-refractivity contribution is 9.10. The van der Waals surface area contributed by atoms with Gasteiger partial charge in [0.25, 0.3) is 11.8 Å². The van der Waals surface area contributed by atoms with E-state index in [4.69, 9.17) is 28.6 Å². The molecule has 0 radical (unpaired) electrons. The second-order valence-electron chi connectivity index (χ2n) is 7.73. The summed E-state index contributed by atoms with van der Waals surface area (Å²) in [6, 6.07) is 19.0. The Morgan fingerprint density at radius 2 is 1.81 bits per heavy atom. The van der Waals surface area contributed by atoms with Crippen molar-refractivity contribution in [3.05, 3.63) is 97.8 Å². The van der Waals surface area contributed by atoms with Crippen LogP contribution >= 0.6 is 51.5 Å². The highest BCUT2D eigenvalue weighted by Crippen LogP contribution is 2.38. The number of anilines is 2. The largest absolute Gasteiger partial charge is 0.452 e. The topological polar surface area (TPSA) is 75.7 Å². The maximum Gasteiger partial charge on any atom is 0.338 e. The van der Waals surface area contributed by atoms with Crippen molar-refractivity contribution in [1.82, 2.24) is 0 Å². The van der Waals surface area contributed by atoms with Gasteiger partial charge in [-0.2, -0.15) is 0 Å². The first-order chi connectivity index (χ1) is 17.2. The molecule has 0 aromatic heterocycles. The number of carbonyl (C=O) groups excluding carboxylic acids is 3. The van der Waals surface area contributed by atoms with Gasteiger partial charge in [-0.1, -0.05) is 65.4 Å². The number of ether oxygens (including phenoxy) is 1. The summed E-state index contributed by atoms with van der Waals surface area (Å²) >= 11 is 16.1. The molecule has 0 atom stereocenters. The zero-order valence-electron chi connectivity index (χ0n) is 18.8. The average Bonchev–Trinajstić information content (AvgIpc) is 3.13. The van der Waals surface area contributed by atoms with Gasteiger partial charge in [-0.3, -0.25) is 14.5 Å². The van der Waals surface area contributed by atoms with Crippen LogP contribution in [0.1, 0.15) is 21.5 Å². The van der Waals surface area contributed by atoms with Crippen LogP contribution in [0.5, 0.6) is 0 Å². The monoisotopic (exact) mass is 600 g/mol. The third kappa shape index (κ3) is 6.22. The molecule has 1 aliphatic heterocycles. The number of amides is 2. The molecule has 0 saturated carbocycles. The van der Waals surface area contributed by atoms with Crippen LogP contribution in [0, 0.1) is 6.92 Å². The van der Waals surface area contributed by atoms with Crippen molar-refractivity contribution in [3.63, 3.8) is 0 Å². The van der Waals surface area contributed by atoms with E-state index in [9.17, 15) is 14.4 Å². The number of aryl methyl sites for hydroxylation is 1. The SMILES string of the molecule is Cc1ccc(NC(=O)COC(=O)c2ccc(/C=C3\SC(=S)N(c4ccc(Br)c(Cl)c4)C3=O)cc2)cc1. The van der Waals surface area contributed by atoms with E-state index in [1.807, 2.05) is 19.1 Å². The van der Waals surface area contributed by atoms with E-state index in [1.54, 1.807) is 60.7 Å². The number of benzene rings is 3. The highest BCUT2D eigenvalue weighted by atomic mass is 79.9. The maximum atomic E-state index is 13.0. The molecule has 1 N–H and O–H groups in total. The molecule has 36 heavy (non-hydrogen) atoms. The second-order valence-corrected chi connectivity index (χ2v) is 10.7. The molecule has 1 fully saturated rings. The van der Waals surface area contributed by atoms with E-state index in [-0.39, 0.29) is 11.5 Å². The van der Waals surface area contributed by atoms with Crippen LogP contribution in [0.2, 0.25) is 5.02 Å². The normalized spacial score (nSPS) is 14.3. The van der Waals surface area contributed by atoms with Gasteiger partial charge in [0.2, 0.25) is 0 Å². The number of nitrogens with one attached hydrogen (secondary N) is 1. The lowest BCUT2D eigenvalue weighted by molar-refractivity contribution is -0.119. The van der Waals surface area contributed by atoms with E-state index < -0.39 is 18.5 Å². The molecule has 1 heterocycles. The molecule has 10 heteroatoms. The average molecular weight is 602 g/mol. The molecule has 6 nitrogen and oxygen atoms in total. The summed E-state index contributed by atoms with van der Waals surface area (Å²) in [5, 5.41) is 3.14. The molecule has 0 spiro atoms. The molecule has 182 valence electrons. The minimum absolute atomic E-state index is 0.258. The molecule has 3 aromatic carbocycles. The molecular formula is C26H18BrClN2O4S2. The Bertz CT molecular complexity index is 1390. The number of hydrogen-bond donors (Lipinski definition) is 1. The number of thioether (sulfide) groups is 1. The van der Waals surface area contributed by atoms with Gasteiger partial charge >= 0.3 is 5.97 Å². The fourth-order valence-electron chi connectivity index (χ4n) is 3.23. The summed E-state index contributed by atoms with van der Waals surface area (Å²) in [5.41, 5.74) is 3.27. The molecule has 2 amide bonds.